The van der Waals surface area contributed by atoms with Crippen LogP contribution in [-0.4, -0.2) is 59.8 Å². The van der Waals surface area contributed by atoms with Gasteiger partial charge in [-0.1, -0.05) is 30.3 Å². The van der Waals surface area contributed by atoms with Gasteiger partial charge in [0.15, 0.2) is 0 Å². The molecule has 0 radical (unpaired) electrons. The van der Waals surface area contributed by atoms with Crippen molar-refractivity contribution in [3.63, 3.8) is 0 Å². The highest BCUT2D eigenvalue weighted by molar-refractivity contribution is 7.98. The Morgan fingerprint density at radius 3 is 2.77 bits per heavy atom. The summed E-state index contributed by atoms with van der Waals surface area (Å²) in [4.78, 5) is 29.5. The molecular formula is C21H30N2O2S. The van der Waals surface area contributed by atoms with Gasteiger partial charge in [-0.25, -0.2) is 0 Å². The van der Waals surface area contributed by atoms with Gasteiger partial charge in [0.1, 0.15) is 0 Å². The van der Waals surface area contributed by atoms with Gasteiger partial charge < -0.3 is 9.80 Å². The number of thioether (sulfide) groups is 1. The first-order valence-electron chi connectivity index (χ1n) is 9.75. The molecule has 1 aromatic rings. The van der Waals surface area contributed by atoms with Gasteiger partial charge in [0.05, 0.1) is 5.41 Å². The molecule has 142 valence electrons. The summed E-state index contributed by atoms with van der Waals surface area (Å²) in [6, 6.07) is 10.5. The number of likely N-dealkylation sites (tertiary alicyclic amines) is 2. The zero-order valence-electron chi connectivity index (χ0n) is 15.8. The third kappa shape index (κ3) is 4.43. The Morgan fingerprint density at radius 2 is 2.00 bits per heavy atom. The molecule has 0 N–H and O–H groups in total. The molecule has 2 amide bonds. The van der Waals surface area contributed by atoms with E-state index in [1.165, 1.54) is 5.56 Å². The Hall–Kier alpha value is -1.49. The number of amides is 2. The fourth-order valence-corrected chi connectivity index (χ4v) is 4.67. The summed E-state index contributed by atoms with van der Waals surface area (Å²) in [7, 11) is 0. The lowest BCUT2D eigenvalue weighted by Crippen LogP contribution is -2.50. The molecule has 2 saturated heterocycles. The minimum atomic E-state index is -0.306. The van der Waals surface area contributed by atoms with Gasteiger partial charge in [-0.05, 0) is 43.9 Å². The molecule has 0 saturated carbocycles. The molecular weight excluding hydrogens is 344 g/mol. The van der Waals surface area contributed by atoms with E-state index < -0.39 is 0 Å². The summed E-state index contributed by atoms with van der Waals surface area (Å²) in [5, 5.41) is 0. The van der Waals surface area contributed by atoms with Gasteiger partial charge in [-0.2, -0.15) is 11.8 Å². The van der Waals surface area contributed by atoms with E-state index in [-0.39, 0.29) is 17.2 Å². The number of aryl methyl sites for hydroxylation is 1. The second-order valence-electron chi connectivity index (χ2n) is 7.57. The van der Waals surface area contributed by atoms with Gasteiger partial charge in [-0.15, -0.1) is 0 Å². The van der Waals surface area contributed by atoms with Crippen LogP contribution in [0.5, 0.6) is 0 Å². The number of nitrogens with zero attached hydrogens (tertiary/aromatic N) is 2. The van der Waals surface area contributed by atoms with Crippen molar-refractivity contribution in [3.8, 4) is 0 Å². The fraction of sp³-hybridized carbons (Fsp3) is 0.619. The lowest BCUT2D eigenvalue weighted by atomic mass is 9.78. The SMILES string of the molecule is CSCCC(=O)N1CCC2(CCCN(CCCc3ccccc3)C2=O)C1. The Labute approximate surface area is 161 Å². The lowest BCUT2D eigenvalue weighted by molar-refractivity contribution is -0.146. The quantitative estimate of drug-likeness (QED) is 0.736. The summed E-state index contributed by atoms with van der Waals surface area (Å²) in [5.74, 6) is 1.37. The number of piperidine rings is 1. The van der Waals surface area contributed by atoms with E-state index >= 15 is 0 Å². The molecule has 2 fully saturated rings. The predicted molar refractivity (Wildman–Crippen MR) is 107 cm³/mol. The van der Waals surface area contributed by atoms with E-state index in [1.807, 2.05) is 17.2 Å². The van der Waals surface area contributed by atoms with Crippen molar-refractivity contribution in [3.05, 3.63) is 35.9 Å². The Morgan fingerprint density at radius 1 is 1.19 bits per heavy atom. The molecule has 2 heterocycles. The van der Waals surface area contributed by atoms with E-state index in [0.29, 0.717) is 13.0 Å². The minimum Gasteiger partial charge on any atom is -0.342 e. The summed E-state index contributed by atoms with van der Waals surface area (Å²) < 4.78 is 0. The van der Waals surface area contributed by atoms with Gasteiger partial charge >= 0.3 is 0 Å². The second-order valence-corrected chi connectivity index (χ2v) is 8.56. The standard InChI is InChI=1S/C21H30N2O2S/c1-26-16-10-19(24)23-15-12-21(17-23)11-6-14-22(20(21)25)13-5-9-18-7-3-2-4-8-18/h2-4,7-8H,5-6,9-17H2,1H3. The van der Waals surface area contributed by atoms with Gasteiger partial charge in [-0.3, -0.25) is 9.59 Å². The van der Waals surface area contributed by atoms with Crippen molar-refractivity contribution in [2.24, 2.45) is 5.41 Å². The van der Waals surface area contributed by atoms with Crippen LogP contribution in [0.2, 0.25) is 0 Å². The van der Waals surface area contributed by atoms with Gasteiger partial charge in [0.25, 0.3) is 0 Å². The number of hydrogen-bond donors (Lipinski definition) is 0. The molecule has 2 aliphatic heterocycles. The monoisotopic (exact) mass is 374 g/mol. The first-order valence-corrected chi connectivity index (χ1v) is 11.1. The number of carbonyl (C=O) groups excluding carboxylic acids is 2. The molecule has 26 heavy (non-hydrogen) atoms. The Balaban J connectivity index is 1.53. The summed E-state index contributed by atoms with van der Waals surface area (Å²) in [5.41, 5.74) is 1.03. The molecule has 1 aromatic carbocycles. The number of carbonyl (C=O) groups is 2. The van der Waals surface area contributed by atoms with Crippen LogP contribution in [0.25, 0.3) is 0 Å². The zero-order chi connectivity index (χ0) is 18.4. The van der Waals surface area contributed by atoms with Crippen LogP contribution in [0.15, 0.2) is 30.3 Å². The van der Waals surface area contributed by atoms with Crippen LogP contribution in [0.4, 0.5) is 0 Å². The molecule has 3 rings (SSSR count). The predicted octanol–water partition coefficient (Wildman–Crippen LogP) is 3.21. The zero-order valence-corrected chi connectivity index (χ0v) is 16.6. The van der Waals surface area contributed by atoms with E-state index in [0.717, 1.165) is 57.5 Å². The average molecular weight is 375 g/mol. The highest BCUT2D eigenvalue weighted by Crippen LogP contribution is 2.40. The van der Waals surface area contributed by atoms with Crippen LogP contribution in [-0.2, 0) is 16.0 Å². The normalized spacial score (nSPS) is 23.0. The highest BCUT2D eigenvalue weighted by atomic mass is 32.2. The molecule has 1 atom stereocenters. The van der Waals surface area contributed by atoms with Crippen molar-refractivity contribution in [2.45, 2.75) is 38.5 Å². The van der Waals surface area contributed by atoms with Crippen LogP contribution < -0.4 is 0 Å². The van der Waals surface area contributed by atoms with Crippen LogP contribution in [0.1, 0.15) is 37.7 Å². The smallest absolute Gasteiger partial charge is 0.230 e. The lowest BCUT2D eigenvalue weighted by Gasteiger charge is -2.39. The average Bonchev–Trinajstić information content (AvgIpc) is 3.09. The van der Waals surface area contributed by atoms with Gasteiger partial charge in [0, 0.05) is 38.4 Å². The molecule has 0 aliphatic carbocycles. The number of rotatable bonds is 7. The third-order valence-electron chi connectivity index (χ3n) is 5.79. The maximum absolute atomic E-state index is 13.2. The molecule has 5 heteroatoms. The molecule has 0 aromatic heterocycles. The van der Waals surface area contributed by atoms with E-state index in [2.05, 4.69) is 29.2 Å². The molecule has 4 nitrogen and oxygen atoms in total. The Bertz CT molecular complexity index is 622. The molecule has 0 bridgehead atoms. The maximum Gasteiger partial charge on any atom is 0.230 e. The van der Waals surface area contributed by atoms with Crippen LogP contribution in [0.3, 0.4) is 0 Å². The van der Waals surface area contributed by atoms with Crippen LogP contribution >= 0.6 is 11.8 Å². The fourth-order valence-electron chi connectivity index (χ4n) is 4.30. The van der Waals surface area contributed by atoms with Crippen molar-refractivity contribution in [1.29, 1.82) is 0 Å². The van der Waals surface area contributed by atoms with Crippen molar-refractivity contribution >= 4 is 23.6 Å². The summed E-state index contributed by atoms with van der Waals surface area (Å²) in [6.07, 6.45) is 7.46. The second kappa shape index (κ2) is 8.94. The molecule has 2 aliphatic rings. The van der Waals surface area contributed by atoms with E-state index in [4.69, 9.17) is 0 Å². The summed E-state index contributed by atoms with van der Waals surface area (Å²) in [6.45, 7) is 3.08. The third-order valence-corrected chi connectivity index (χ3v) is 6.40. The topological polar surface area (TPSA) is 40.6 Å². The highest BCUT2D eigenvalue weighted by Gasteiger charge is 2.48. The first kappa shape index (κ1) is 19.3. The maximum atomic E-state index is 13.2. The van der Waals surface area contributed by atoms with Crippen molar-refractivity contribution in [1.82, 2.24) is 9.80 Å². The summed E-state index contributed by atoms with van der Waals surface area (Å²) >= 11 is 1.70. The number of hydrogen-bond acceptors (Lipinski definition) is 3. The van der Waals surface area contributed by atoms with E-state index in [1.54, 1.807) is 11.8 Å². The van der Waals surface area contributed by atoms with E-state index in [9.17, 15) is 9.59 Å². The van der Waals surface area contributed by atoms with Crippen molar-refractivity contribution < 1.29 is 9.59 Å². The molecule has 1 unspecified atom stereocenters. The Kier molecular flexibility index (Phi) is 6.63. The number of benzene rings is 1. The minimum absolute atomic E-state index is 0.213. The van der Waals surface area contributed by atoms with Crippen LogP contribution in [0, 0.1) is 5.41 Å². The molecule has 1 spiro atoms. The first-order chi connectivity index (χ1) is 12.6. The largest absolute Gasteiger partial charge is 0.342 e. The van der Waals surface area contributed by atoms with Crippen molar-refractivity contribution in [2.75, 3.05) is 38.2 Å². The van der Waals surface area contributed by atoms with Gasteiger partial charge in [0.2, 0.25) is 11.8 Å².